The molecule has 1 aromatic heterocycles. The van der Waals surface area contributed by atoms with Gasteiger partial charge in [-0.25, -0.2) is 0 Å². The summed E-state index contributed by atoms with van der Waals surface area (Å²) in [6, 6.07) is 0. The first-order valence-corrected chi connectivity index (χ1v) is 6.77. The fourth-order valence-corrected chi connectivity index (χ4v) is 2.50. The Labute approximate surface area is 108 Å². The summed E-state index contributed by atoms with van der Waals surface area (Å²) in [6.45, 7) is 5.27. The summed E-state index contributed by atoms with van der Waals surface area (Å²) in [5, 5.41) is 10.9. The van der Waals surface area contributed by atoms with E-state index in [0.29, 0.717) is 6.54 Å². The van der Waals surface area contributed by atoms with Crippen LogP contribution in [-0.4, -0.2) is 20.9 Å². The number of hydrogen-bond donors (Lipinski definition) is 1. The van der Waals surface area contributed by atoms with E-state index >= 15 is 0 Å². The van der Waals surface area contributed by atoms with E-state index < -0.39 is 0 Å². The van der Waals surface area contributed by atoms with Gasteiger partial charge in [-0.3, -0.25) is 9.48 Å². The van der Waals surface area contributed by atoms with Crippen molar-refractivity contribution >= 4 is 5.91 Å². The molecule has 1 N–H and O–H groups in total. The van der Waals surface area contributed by atoms with Gasteiger partial charge in [-0.1, -0.05) is 25.0 Å². The molecular formula is C13H22N4O. The summed E-state index contributed by atoms with van der Waals surface area (Å²) in [5.41, 5.74) is 0.828. The molecule has 0 unspecified atom stereocenters. The van der Waals surface area contributed by atoms with Gasteiger partial charge in [-0.15, -0.1) is 5.10 Å². The fraction of sp³-hybridized carbons (Fsp3) is 0.769. The standard InChI is InChI=1S/C13H22N4O/c1-10-3-5-12(6-4-10)8-17-9-13(15-16-17)7-14-11(2)18/h9-10,12H,3-8H2,1-2H3,(H,14,18). The Balaban J connectivity index is 1.81. The van der Waals surface area contributed by atoms with E-state index in [2.05, 4.69) is 22.6 Å². The van der Waals surface area contributed by atoms with E-state index in [1.165, 1.54) is 32.6 Å². The van der Waals surface area contributed by atoms with E-state index in [4.69, 9.17) is 0 Å². The topological polar surface area (TPSA) is 59.8 Å². The van der Waals surface area contributed by atoms with E-state index in [9.17, 15) is 4.79 Å². The third kappa shape index (κ3) is 3.82. The highest BCUT2D eigenvalue weighted by atomic mass is 16.1. The zero-order valence-electron chi connectivity index (χ0n) is 11.2. The highest BCUT2D eigenvalue weighted by Gasteiger charge is 2.18. The Hall–Kier alpha value is -1.39. The first kappa shape index (κ1) is 13.1. The Morgan fingerprint density at radius 1 is 1.44 bits per heavy atom. The van der Waals surface area contributed by atoms with E-state index in [1.54, 1.807) is 0 Å². The monoisotopic (exact) mass is 250 g/mol. The van der Waals surface area contributed by atoms with Gasteiger partial charge in [-0.2, -0.15) is 0 Å². The summed E-state index contributed by atoms with van der Waals surface area (Å²) >= 11 is 0. The van der Waals surface area contributed by atoms with Gasteiger partial charge in [0, 0.05) is 13.5 Å². The first-order chi connectivity index (χ1) is 8.63. The molecular weight excluding hydrogens is 228 g/mol. The molecule has 0 aromatic carbocycles. The summed E-state index contributed by atoms with van der Waals surface area (Å²) in [6.07, 6.45) is 7.19. The van der Waals surface area contributed by atoms with Crippen molar-refractivity contribution in [3.05, 3.63) is 11.9 Å². The van der Waals surface area contributed by atoms with Crippen molar-refractivity contribution in [2.45, 2.75) is 52.6 Å². The molecule has 1 aliphatic carbocycles. The van der Waals surface area contributed by atoms with Crippen LogP contribution in [-0.2, 0) is 17.9 Å². The van der Waals surface area contributed by atoms with Gasteiger partial charge in [0.1, 0.15) is 5.69 Å². The van der Waals surface area contributed by atoms with Crippen LogP contribution in [0.5, 0.6) is 0 Å². The van der Waals surface area contributed by atoms with Gasteiger partial charge in [0.2, 0.25) is 5.91 Å². The van der Waals surface area contributed by atoms with Crippen LogP contribution in [0.2, 0.25) is 0 Å². The summed E-state index contributed by atoms with van der Waals surface area (Å²) in [4.78, 5) is 10.8. The van der Waals surface area contributed by atoms with Gasteiger partial charge < -0.3 is 5.32 Å². The Kier molecular flexibility index (Phi) is 4.33. The lowest BCUT2D eigenvalue weighted by Gasteiger charge is -2.25. The minimum absolute atomic E-state index is 0.0363. The lowest BCUT2D eigenvalue weighted by molar-refractivity contribution is -0.119. The van der Waals surface area contributed by atoms with Gasteiger partial charge in [0.05, 0.1) is 12.7 Å². The predicted octanol–water partition coefficient (Wildman–Crippen LogP) is 1.74. The van der Waals surface area contributed by atoms with Crippen molar-refractivity contribution in [1.29, 1.82) is 0 Å². The molecule has 0 aliphatic heterocycles. The van der Waals surface area contributed by atoms with E-state index in [0.717, 1.165) is 24.1 Å². The van der Waals surface area contributed by atoms with Crippen molar-refractivity contribution < 1.29 is 4.79 Å². The van der Waals surface area contributed by atoms with Crippen LogP contribution in [0.1, 0.15) is 45.2 Å². The van der Waals surface area contributed by atoms with Crippen molar-refractivity contribution in [3.63, 3.8) is 0 Å². The number of hydrogen-bond acceptors (Lipinski definition) is 3. The molecule has 5 nitrogen and oxygen atoms in total. The minimum atomic E-state index is -0.0363. The molecule has 5 heteroatoms. The lowest BCUT2D eigenvalue weighted by Crippen LogP contribution is -2.19. The molecule has 1 heterocycles. The number of nitrogens with one attached hydrogen (secondary N) is 1. The lowest BCUT2D eigenvalue weighted by atomic mass is 9.83. The van der Waals surface area contributed by atoms with Crippen LogP contribution >= 0.6 is 0 Å². The SMILES string of the molecule is CC(=O)NCc1cn(CC2CCC(C)CC2)nn1. The number of nitrogens with zero attached hydrogens (tertiary/aromatic N) is 3. The zero-order valence-corrected chi connectivity index (χ0v) is 11.2. The van der Waals surface area contributed by atoms with Crippen LogP contribution < -0.4 is 5.32 Å². The fourth-order valence-electron chi connectivity index (χ4n) is 2.50. The third-order valence-corrected chi connectivity index (χ3v) is 3.69. The molecule has 18 heavy (non-hydrogen) atoms. The van der Waals surface area contributed by atoms with Crippen molar-refractivity contribution in [2.24, 2.45) is 11.8 Å². The number of carbonyl (C=O) groups excluding carboxylic acids is 1. The smallest absolute Gasteiger partial charge is 0.217 e. The van der Waals surface area contributed by atoms with Crippen LogP contribution in [0.25, 0.3) is 0 Å². The minimum Gasteiger partial charge on any atom is -0.351 e. The summed E-state index contributed by atoms with van der Waals surface area (Å²) in [5.74, 6) is 1.58. The molecule has 1 aromatic rings. The Morgan fingerprint density at radius 2 is 2.17 bits per heavy atom. The number of amides is 1. The predicted molar refractivity (Wildman–Crippen MR) is 68.7 cm³/mol. The highest BCUT2D eigenvalue weighted by molar-refractivity contribution is 5.72. The number of rotatable bonds is 4. The van der Waals surface area contributed by atoms with Gasteiger partial charge in [0.15, 0.2) is 0 Å². The van der Waals surface area contributed by atoms with Crippen LogP contribution in [0.4, 0.5) is 0 Å². The molecule has 0 radical (unpaired) electrons. The number of aromatic nitrogens is 3. The van der Waals surface area contributed by atoms with Crippen molar-refractivity contribution in [1.82, 2.24) is 20.3 Å². The molecule has 2 rings (SSSR count). The number of carbonyl (C=O) groups is 1. The molecule has 1 aliphatic rings. The van der Waals surface area contributed by atoms with Crippen LogP contribution in [0, 0.1) is 11.8 Å². The quantitative estimate of drug-likeness (QED) is 0.885. The van der Waals surface area contributed by atoms with Gasteiger partial charge >= 0.3 is 0 Å². The molecule has 0 spiro atoms. The Morgan fingerprint density at radius 3 is 2.83 bits per heavy atom. The summed E-state index contributed by atoms with van der Waals surface area (Å²) < 4.78 is 1.91. The average molecular weight is 250 g/mol. The molecule has 1 saturated carbocycles. The maximum atomic E-state index is 10.8. The van der Waals surface area contributed by atoms with Crippen LogP contribution in [0.15, 0.2) is 6.20 Å². The zero-order chi connectivity index (χ0) is 13.0. The Bertz CT molecular complexity index is 393. The van der Waals surface area contributed by atoms with E-state index in [1.807, 2.05) is 10.9 Å². The van der Waals surface area contributed by atoms with Crippen molar-refractivity contribution in [2.75, 3.05) is 0 Å². The average Bonchev–Trinajstić information content (AvgIpc) is 2.77. The molecule has 1 amide bonds. The maximum absolute atomic E-state index is 10.8. The second-order valence-corrected chi connectivity index (χ2v) is 5.47. The van der Waals surface area contributed by atoms with E-state index in [-0.39, 0.29) is 5.91 Å². The molecule has 100 valence electrons. The second kappa shape index (κ2) is 5.98. The van der Waals surface area contributed by atoms with Crippen LogP contribution in [0.3, 0.4) is 0 Å². The van der Waals surface area contributed by atoms with Gasteiger partial charge in [0.25, 0.3) is 0 Å². The first-order valence-electron chi connectivity index (χ1n) is 6.77. The van der Waals surface area contributed by atoms with Gasteiger partial charge in [-0.05, 0) is 24.7 Å². The second-order valence-electron chi connectivity index (χ2n) is 5.47. The van der Waals surface area contributed by atoms with Crippen molar-refractivity contribution in [3.8, 4) is 0 Å². The highest BCUT2D eigenvalue weighted by Crippen LogP contribution is 2.29. The summed E-state index contributed by atoms with van der Waals surface area (Å²) in [7, 11) is 0. The normalized spacial score (nSPS) is 23.9. The molecule has 0 bridgehead atoms. The molecule has 0 saturated heterocycles. The molecule has 1 fully saturated rings. The molecule has 0 atom stereocenters. The largest absolute Gasteiger partial charge is 0.351 e. The third-order valence-electron chi connectivity index (χ3n) is 3.69. The maximum Gasteiger partial charge on any atom is 0.217 e.